The van der Waals surface area contributed by atoms with Crippen LogP contribution >= 0.6 is 0 Å². The summed E-state index contributed by atoms with van der Waals surface area (Å²) in [6, 6.07) is 2.37. The van der Waals surface area contributed by atoms with Crippen molar-refractivity contribution in [3.05, 3.63) is 39.4 Å². The number of nitro benzene ring substituents is 1. The van der Waals surface area contributed by atoms with Crippen molar-refractivity contribution in [2.45, 2.75) is 12.8 Å². The smallest absolute Gasteiger partial charge is 0.392 e. The van der Waals surface area contributed by atoms with Crippen LogP contribution in [-0.4, -0.2) is 10.0 Å². The number of aliphatic hydroxyl groups excluding tert-OH is 1. The molecule has 0 aliphatic carbocycles. The number of hydrogen-bond acceptors (Lipinski definition) is 3. The van der Waals surface area contributed by atoms with Crippen LogP contribution in [0.5, 0.6) is 0 Å². The summed E-state index contributed by atoms with van der Waals surface area (Å²) in [6.45, 7) is -0.596. The molecule has 4 nitrogen and oxygen atoms in total. The number of hydrogen-bond donors (Lipinski definition) is 1. The summed E-state index contributed by atoms with van der Waals surface area (Å²) >= 11 is 0. The van der Waals surface area contributed by atoms with Crippen molar-refractivity contribution in [2.75, 3.05) is 0 Å². The van der Waals surface area contributed by atoms with E-state index < -0.39 is 29.0 Å². The Bertz CT molecular complexity index is 389. The standard InChI is InChI=1S/C8H6F3NO3/c9-8(10,11)6-3-5(4-13)1-2-7(6)12(14)15/h1-3,13H,4H2. The lowest BCUT2D eigenvalue weighted by atomic mass is 10.1. The van der Waals surface area contributed by atoms with Gasteiger partial charge >= 0.3 is 6.18 Å². The third-order valence-corrected chi connectivity index (χ3v) is 1.75. The second-order valence-electron chi connectivity index (χ2n) is 2.76. The summed E-state index contributed by atoms with van der Waals surface area (Å²) in [5, 5.41) is 18.9. The number of alkyl halides is 3. The van der Waals surface area contributed by atoms with Gasteiger partial charge in [-0.3, -0.25) is 10.1 Å². The van der Waals surface area contributed by atoms with Gasteiger partial charge in [-0.25, -0.2) is 0 Å². The predicted molar refractivity (Wildman–Crippen MR) is 44.0 cm³/mol. The molecule has 0 spiro atoms. The summed E-state index contributed by atoms with van der Waals surface area (Å²) in [7, 11) is 0. The number of aliphatic hydroxyl groups is 1. The highest BCUT2D eigenvalue weighted by Crippen LogP contribution is 2.36. The molecule has 0 fully saturated rings. The molecule has 0 amide bonds. The maximum absolute atomic E-state index is 12.3. The number of rotatable bonds is 2. The van der Waals surface area contributed by atoms with Crippen LogP contribution in [-0.2, 0) is 12.8 Å². The summed E-state index contributed by atoms with van der Waals surface area (Å²) in [5.41, 5.74) is -2.38. The molecule has 1 aromatic rings. The monoisotopic (exact) mass is 221 g/mol. The van der Waals surface area contributed by atoms with E-state index in [2.05, 4.69) is 0 Å². The van der Waals surface area contributed by atoms with Gasteiger partial charge in [-0.1, -0.05) is 0 Å². The summed E-state index contributed by atoms with van der Waals surface area (Å²) in [6.07, 6.45) is -4.80. The SMILES string of the molecule is O=[N+]([O-])c1ccc(CO)cc1C(F)(F)F. The van der Waals surface area contributed by atoms with Crippen molar-refractivity contribution < 1.29 is 23.2 Å². The molecule has 0 aliphatic rings. The minimum atomic E-state index is -4.80. The lowest BCUT2D eigenvalue weighted by Gasteiger charge is -2.08. The fourth-order valence-corrected chi connectivity index (χ4v) is 1.07. The molecular weight excluding hydrogens is 215 g/mol. The van der Waals surface area contributed by atoms with E-state index in [1.807, 2.05) is 0 Å². The number of nitrogens with zero attached hydrogens (tertiary/aromatic N) is 1. The van der Waals surface area contributed by atoms with Crippen molar-refractivity contribution in [3.8, 4) is 0 Å². The van der Waals surface area contributed by atoms with Gasteiger partial charge < -0.3 is 5.11 Å². The van der Waals surface area contributed by atoms with Crippen LogP contribution < -0.4 is 0 Å². The molecule has 0 heterocycles. The van der Waals surface area contributed by atoms with Crippen molar-refractivity contribution in [2.24, 2.45) is 0 Å². The first kappa shape index (κ1) is 11.4. The molecule has 0 saturated carbocycles. The first-order valence-electron chi connectivity index (χ1n) is 3.81. The molecule has 0 unspecified atom stereocenters. The average molecular weight is 221 g/mol. The highest BCUT2D eigenvalue weighted by Gasteiger charge is 2.38. The Morgan fingerprint density at radius 2 is 2.00 bits per heavy atom. The molecule has 0 saturated heterocycles. The lowest BCUT2D eigenvalue weighted by molar-refractivity contribution is -0.388. The van der Waals surface area contributed by atoms with Gasteiger partial charge in [0.05, 0.1) is 11.5 Å². The second kappa shape index (κ2) is 3.85. The minimum Gasteiger partial charge on any atom is -0.392 e. The zero-order valence-electron chi connectivity index (χ0n) is 7.28. The van der Waals surface area contributed by atoms with E-state index in [0.717, 1.165) is 12.1 Å². The Morgan fingerprint density at radius 1 is 1.40 bits per heavy atom. The molecular formula is C8H6F3NO3. The van der Waals surface area contributed by atoms with Gasteiger partial charge in [-0.05, 0) is 17.7 Å². The maximum Gasteiger partial charge on any atom is 0.423 e. The van der Waals surface area contributed by atoms with Crippen molar-refractivity contribution in [1.29, 1.82) is 0 Å². The minimum absolute atomic E-state index is 0.0204. The van der Waals surface area contributed by atoms with Crippen molar-refractivity contribution in [3.63, 3.8) is 0 Å². The van der Waals surface area contributed by atoms with E-state index in [1.165, 1.54) is 0 Å². The predicted octanol–water partition coefficient (Wildman–Crippen LogP) is 2.11. The largest absolute Gasteiger partial charge is 0.423 e. The summed E-state index contributed by atoms with van der Waals surface area (Å²) in [4.78, 5) is 9.20. The van der Waals surface area contributed by atoms with E-state index in [-0.39, 0.29) is 5.56 Å². The molecule has 1 aromatic carbocycles. The first-order valence-corrected chi connectivity index (χ1v) is 3.81. The number of halogens is 3. The Labute approximate surface area is 82.1 Å². The van der Waals surface area contributed by atoms with Crippen LogP contribution in [0.2, 0.25) is 0 Å². The fraction of sp³-hybridized carbons (Fsp3) is 0.250. The average Bonchev–Trinajstić information content (AvgIpc) is 2.15. The van der Waals surface area contributed by atoms with Gasteiger partial charge in [0.25, 0.3) is 5.69 Å². The molecule has 1 N–H and O–H groups in total. The third kappa shape index (κ3) is 2.44. The summed E-state index contributed by atoms with van der Waals surface area (Å²) < 4.78 is 37.0. The molecule has 15 heavy (non-hydrogen) atoms. The van der Waals surface area contributed by atoms with E-state index in [9.17, 15) is 23.3 Å². The van der Waals surface area contributed by atoms with E-state index in [4.69, 9.17) is 5.11 Å². The van der Waals surface area contributed by atoms with Crippen molar-refractivity contribution in [1.82, 2.24) is 0 Å². The summed E-state index contributed by atoms with van der Waals surface area (Å²) in [5.74, 6) is 0. The van der Waals surface area contributed by atoms with Gasteiger partial charge in [0.2, 0.25) is 0 Å². The molecule has 0 atom stereocenters. The van der Waals surface area contributed by atoms with Crippen LogP contribution in [0.15, 0.2) is 18.2 Å². The Morgan fingerprint density at radius 3 is 2.40 bits per heavy atom. The van der Waals surface area contributed by atoms with Gasteiger partial charge in [0, 0.05) is 6.07 Å². The molecule has 7 heteroatoms. The molecule has 0 bridgehead atoms. The lowest BCUT2D eigenvalue weighted by Crippen LogP contribution is -2.09. The van der Waals surface area contributed by atoms with Crippen LogP contribution in [0.4, 0.5) is 18.9 Å². The molecule has 1 rings (SSSR count). The molecule has 82 valence electrons. The third-order valence-electron chi connectivity index (χ3n) is 1.75. The maximum atomic E-state index is 12.3. The Balaban J connectivity index is 3.36. The topological polar surface area (TPSA) is 63.4 Å². The zero-order valence-corrected chi connectivity index (χ0v) is 7.28. The van der Waals surface area contributed by atoms with Gasteiger partial charge in [-0.15, -0.1) is 0 Å². The number of benzene rings is 1. The fourth-order valence-electron chi connectivity index (χ4n) is 1.07. The highest BCUT2D eigenvalue weighted by molar-refractivity contribution is 5.44. The highest BCUT2D eigenvalue weighted by atomic mass is 19.4. The van der Waals surface area contributed by atoms with E-state index >= 15 is 0 Å². The van der Waals surface area contributed by atoms with Crippen LogP contribution in [0.3, 0.4) is 0 Å². The van der Waals surface area contributed by atoms with Crippen LogP contribution in [0.25, 0.3) is 0 Å². The molecule has 0 aromatic heterocycles. The van der Waals surface area contributed by atoms with E-state index in [1.54, 1.807) is 0 Å². The van der Waals surface area contributed by atoms with Crippen LogP contribution in [0, 0.1) is 10.1 Å². The van der Waals surface area contributed by atoms with Gasteiger partial charge in [-0.2, -0.15) is 13.2 Å². The van der Waals surface area contributed by atoms with Crippen LogP contribution in [0.1, 0.15) is 11.1 Å². The number of nitro groups is 1. The molecule has 0 aliphatic heterocycles. The van der Waals surface area contributed by atoms with Gasteiger partial charge in [0.15, 0.2) is 0 Å². The van der Waals surface area contributed by atoms with Crippen molar-refractivity contribution >= 4 is 5.69 Å². The zero-order chi connectivity index (χ0) is 11.6. The van der Waals surface area contributed by atoms with Gasteiger partial charge in [0.1, 0.15) is 5.56 Å². The Hall–Kier alpha value is -1.63. The first-order chi connectivity index (χ1) is 6.86. The normalized spacial score (nSPS) is 11.5. The van der Waals surface area contributed by atoms with E-state index in [0.29, 0.717) is 6.07 Å². The molecule has 0 radical (unpaired) electrons. The quantitative estimate of drug-likeness (QED) is 0.614. The Kier molecular flexibility index (Phi) is 2.94. The second-order valence-corrected chi connectivity index (χ2v) is 2.76.